The molecule has 5 nitrogen and oxygen atoms in total. The molecule has 0 N–H and O–H groups in total. The second-order valence-electron chi connectivity index (χ2n) is 17.5. The average Bonchev–Trinajstić information content (AvgIpc) is 4.11. The zero-order valence-corrected chi connectivity index (χ0v) is 36.2. The Bertz CT molecular complexity index is 4280. The molecule has 0 spiro atoms. The summed E-state index contributed by atoms with van der Waals surface area (Å²) < 4.78 is 53.8. The van der Waals surface area contributed by atoms with Gasteiger partial charge in [0.2, 0.25) is 0 Å². The predicted octanol–water partition coefficient (Wildman–Crippen LogP) is 16.2. The van der Waals surface area contributed by atoms with Gasteiger partial charge < -0.3 is 18.3 Å². The van der Waals surface area contributed by atoms with Gasteiger partial charge in [-0.05, 0) is 97.1 Å². The summed E-state index contributed by atoms with van der Waals surface area (Å²) in [7, 11) is 0. The lowest BCUT2D eigenvalue weighted by molar-refractivity contribution is -0.137. The molecular weight excluding hydrogens is 848 g/mol. The van der Waals surface area contributed by atoms with E-state index in [1.54, 1.807) is 18.5 Å². The summed E-state index contributed by atoms with van der Waals surface area (Å²) in [6, 6.07) is 69.1. The summed E-state index contributed by atoms with van der Waals surface area (Å²) in [6.45, 7) is 0. The Morgan fingerprint density at radius 2 is 0.662 bits per heavy atom. The van der Waals surface area contributed by atoms with E-state index in [9.17, 15) is 13.2 Å². The number of nitrogens with zero attached hydrogens (tertiary/aromatic N) is 5. The van der Waals surface area contributed by atoms with Crippen molar-refractivity contribution in [3.63, 3.8) is 0 Å². The molecule has 0 bridgehead atoms. The number of hydrogen-bond donors (Lipinski definition) is 0. The highest BCUT2D eigenvalue weighted by atomic mass is 19.4. The minimum atomic E-state index is -4.59. The van der Waals surface area contributed by atoms with Crippen molar-refractivity contribution in [3.05, 3.63) is 224 Å². The third-order valence-corrected chi connectivity index (χ3v) is 13.9. The molecule has 0 aliphatic heterocycles. The summed E-state index contributed by atoms with van der Waals surface area (Å²) in [5.74, 6) is 0. The van der Waals surface area contributed by atoms with Gasteiger partial charge in [0, 0.05) is 78.0 Å². The summed E-state index contributed by atoms with van der Waals surface area (Å²) in [5.41, 5.74) is 11.6. The van der Waals surface area contributed by atoms with E-state index in [1.165, 1.54) is 33.7 Å². The molecule has 0 fully saturated rings. The lowest BCUT2D eigenvalue weighted by Gasteiger charge is -2.20. The lowest BCUT2D eigenvalue weighted by Crippen LogP contribution is -2.08. The van der Waals surface area contributed by atoms with E-state index in [4.69, 9.17) is 0 Å². The maximum atomic E-state index is 15.0. The third-order valence-electron chi connectivity index (χ3n) is 13.9. The van der Waals surface area contributed by atoms with Crippen LogP contribution in [0.2, 0.25) is 0 Å². The Labute approximate surface area is 386 Å². The molecule has 14 aromatic rings. The number of halogens is 3. The summed E-state index contributed by atoms with van der Waals surface area (Å²) >= 11 is 0. The molecular formula is C60H36F3N5. The molecule has 9 aromatic carbocycles. The van der Waals surface area contributed by atoms with Crippen LogP contribution in [0.5, 0.6) is 0 Å². The molecule has 0 radical (unpaired) electrons. The highest BCUT2D eigenvalue weighted by Gasteiger charge is 2.32. The van der Waals surface area contributed by atoms with Gasteiger partial charge in [0.25, 0.3) is 0 Å². The highest BCUT2D eigenvalue weighted by Crippen LogP contribution is 2.44. The minimum absolute atomic E-state index is 0.407. The van der Waals surface area contributed by atoms with Crippen LogP contribution >= 0.6 is 0 Å². The van der Waals surface area contributed by atoms with E-state index in [0.717, 1.165) is 77.1 Å². The van der Waals surface area contributed by atoms with Crippen molar-refractivity contribution in [1.29, 1.82) is 0 Å². The van der Waals surface area contributed by atoms with Crippen molar-refractivity contribution >= 4 is 87.2 Å². The molecule has 8 heteroatoms. The van der Waals surface area contributed by atoms with Crippen LogP contribution in [0.4, 0.5) is 13.2 Å². The van der Waals surface area contributed by atoms with Crippen molar-refractivity contribution in [3.8, 4) is 33.9 Å². The first-order chi connectivity index (χ1) is 33.4. The van der Waals surface area contributed by atoms with Crippen molar-refractivity contribution < 1.29 is 13.2 Å². The quantitative estimate of drug-likeness (QED) is 0.169. The molecule has 5 heterocycles. The number of pyridine rings is 1. The van der Waals surface area contributed by atoms with Crippen LogP contribution in [0.3, 0.4) is 0 Å². The van der Waals surface area contributed by atoms with E-state index in [0.29, 0.717) is 22.5 Å². The Balaban J connectivity index is 1.00. The molecule has 0 unspecified atom stereocenters. The van der Waals surface area contributed by atoms with Crippen LogP contribution < -0.4 is 0 Å². The van der Waals surface area contributed by atoms with Gasteiger partial charge in [-0.2, -0.15) is 13.2 Å². The summed E-state index contributed by atoms with van der Waals surface area (Å²) in [6.07, 6.45) is -1.17. The van der Waals surface area contributed by atoms with Crippen LogP contribution in [0.15, 0.2) is 219 Å². The molecule has 0 saturated carbocycles. The van der Waals surface area contributed by atoms with Gasteiger partial charge in [0.15, 0.2) is 0 Å². The molecule has 0 aliphatic carbocycles. The topological polar surface area (TPSA) is 32.6 Å². The first-order valence-corrected chi connectivity index (χ1v) is 22.6. The molecule has 0 aliphatic rings. The number of benzene rings is 9. The van der Waals surface area contributed by atoms with Gasteiger partial charge in [-0.1, -0.05) is 109 Å². The molecule has 322 valence electrons. The monoisotopic (exact) mass is 883 g/mol. The van der Waals surface area contributed by atoms with E-state index >= 15 is 0 Å². The second kappa shape index (κ2) is 14.3. The Morgan fingerprint density at radius 3 is 1.07 bits per heavy atom. The zero-order valence-electron chi connectivity index (χ0n) is 36.2. The van der Waals surface area contributed by atoms with Crippen LogP contribution in [-0.2, 0) is 6.18 Å². The number of rotatable bonds is 5. The van der Waals surface area contributed by atoms with Crippen LogP contribution in [0, 0.1) is 0 Å². The van der Waals surface area contributed by atoms with Crippen molar-refractivity contribution in [2.75, 3.05) is 0 Å². The molecule has 0 amide bonds. The maximum Gasteiger partial charge on any atom is 0.416 e. The maximum absolute atomic E-state index is 15.0. The smallest absolute Gasteiger partial charge is 0.309 e. The summed E-state index contributed by atoms with van der Waals surface area (Å²) in [4.78, 5) is 4.62. The molecule has 68 heavy (non-hydrogen) atoms. The second-order valence-corrected chi connectivity index (χ2v) is 17.5. The van der Waals surface area contributed by atoms with E-state index < -0.39 is 11.7 Å². The van der Waals surface area contributed by atoms with E-state index in [1.807, 2.05) is 36.4 Å². The molecule has 14 rings (SSSR count). The van der Waals surface area contributed by atoms with Crippen LogP contribution in [0.1, 0.15) is 5.56 Å². The molecule has 0 atom stereocenters. The summed E-state index contributed by atoms with van der Waals surface area (Å²) in [5, 5.41) is 8.71. The average molecular weight is 884 g/mol. The number of para-hydroxylation sites is 6. The van der Waals surface area contributed by atoms with Gasteiger partial charge in [-0.3, -0.25) is 4.98 Å². The number of alkyl halides is 3. The van der Waals surface area contributed by atoms with Crippen LogP contribution in [0.25, 0.3) is 121 Å². The fourth-order valence-corrected chi connectivity index (χ4v) is 11.0. The Hall–Kier alpha value is -8.88. The largest absolute Gasteiger partial charge is 0.416 e. The van der Waals surface area contributed by atoms with Gasteiger partial charge in [-0.25, -0.2) is 0 Å². The van der Waals surface area contributed by atoms with E-state index in [-0.39, 0.29) is 0 Å². The van der Waals surface area contributed by atoms with Gasteiger partial charge in [0.1, 0.15) is 0 Å². The number of aromatic nitrogens is 5. The Kier molecular flexibility index (Phi) is 8.08. The minimum Gasteiger partial charge on any atom is -0.309 e. The van der Waals surface area contributed by atoms with Crippen molar-refractivity contribution in [2.45, 2.75) is 6.18 Å². The fourth-order valence-electron chi connectivity index (χ4n) is 11.0. The van der Waals surface area contributed by atoms with Gasteiger partial charge >= 0.3 is 6.18 Å². The third kappa shape index (κ3) is 5.48. The molecule has 0 saturated heterocycles. The normalized spacial score (nSPS) is 12.3. The van der Waals surface area contributed by atoms with Crippen molar-refractivity contribution in [2.24, 2.45) is 0 Å². The first kappa shape index (κ1) is 38.4. The lowest BCUT2D eigenvalue weighted by atomic mass is 9.99. The highest BCUT2D eigenvalue weighted by molar-refractivity contribution is 6.14. The first-order valence-electron chi connectivity index (χ1n) is 22.6. The predicted molar refractivity (Wildman–Crippen MR) is 272 cm³/mol. The van der Waals surface area contributed by atoms with Crippen LogP contribution in [-0.4, -0.2) is 23.3 Å². The van der Waals surface area contributed by atoms with Crippen molar-refractivity contribution in [1.82, 2.24) is 23.3 Å². The Morgan fingerprint density at radius 1 is 0.309 bits per heavy atom. The van der Waals surface area contributed by atoms with Gasteiger partial charge in [-0.15, -0.1) is 0 Å². The zero-order chi connectivity index (χ0) is 45.3. The van der Waals surface area contributed by atoms with E-state index in [2.05, 4.69) is 175 Å². The fraction of sp³-hybridized carbons (Fsp3) is 0.0167. The number of hydrogen-bond acceptors (Lipinski definition) is 1. The SMILES string of the molecule is FC(F)(F)c1ccc(-n2c3ccccc3c3cc(-n4c5ccccc5c5ccccc54)ccc32)c(-c2cnccc2-n2c3ccccc3c3cc(-n4c5ccccc5c5ccccc54)ccc32)c1. The molecule has 5 aromatic heterocycles. The number of fused-ring (bicyclic) bond motifs is 12. The van der Waals surface area contributed by atoms with Gasteiger partial charge in [0.05, 0.1) is 61.1 Å². The standard InChI is InChI=1S/C60H36F3N5/c61-60(62,63)37-25-28-56(67-54-23-11-5-17-44(54)47-34-38(26-29-57(47)67)65-50-19-7-1-13-40(50)41-14-2-8-20-51(41)65)46(33-37)49-36-64-32-31-59(49)68-55-24-12-6-18-45(55)48-35-39(27-30-58(48)68)66-52-21-9-3-15-42(52)43-16-4-10-22-53(43)66/h1-36H.